The van der Waals surface area contributed by atoms with Crippen molar-refractivity contribution in [3.63, 3.8) is 0 Å². The molecule has 12 heavy (non-hydrogen) atoms. The molecule has 0 fully saturated rings. The van der Waals surface area contributed by atoms with Gasteiger partial charge >= 0.3 is 0 Å². The van der Waals surface area contributed by atoms with Gasteiger partial charge in [0.05, 0.1) is 0 Å². The molecule has 3 heteroatoms. The van der Waals surface area contributed by atoms with Gasteiger partial charge in [0.15, 0.2) is 0 Å². The van der Waals surface area contributed by atoms with Gasteiger partial charge in [-0.15, -0.1) is 0 Å². The minimum atomic E-state index is 0.734. The summed E-state index contributed by atoms with van der Waals surface area (Å²) in [4.78, 5) is 2.76. The summed E-state index contributed by atoms with van der Waals surface area (Å²) in [6.07, 6.45) is 3.53. The van der Waals surface area contributed by atoms with Gasteiger partial charge in [0.1, 0.15) is 0 Å². The third kappa shape index (κ3) is 1.15. The van der Waals surface area contributed by atoms with Crippen LogP contribution in [0.2, 0.25) is 0 Å². The first-order chi connectivity index (χ1) is 5.90. The lowest BCUT2D eigenvalue weighted by atomic mass is 10.1. The van der Waals surface area contributed by atoms with Crippen LogP contribution in [0.25, 0.3) is 10.4 Å². The van der Waals surface area contributed by atoms with E-state index in [-0.39, 0.29) is 0 Å². The van der Waals surface area contributed by atoms with Gasteiger partial charge in [0.2, 0.25) is 0 Å². The van der Waals surface area contributed by atoms with E-state index in [1.54, 1.807) is 0 Å². The Kier molecular flexibility index (Phi) is 1.72. The van der Waals surface area contributed by atoms with Crippen molar-refractivity contribution in [1.82, 2.24) is 0 Å². The maximum Gasteiger partial charge on any atom is 0.0378 e. The molecule has 0 atom stereocenters. The van der Waals surface area contributed by atoms with Gasteiger partial charge in [-0.2, -0.15) is 0 Å². The Morgan fingerprint density at radius 3 is 2.92 bits per heavy atom. The molecular weight excluding hydrogens is 150 g/mol. The summed E-state index contributed by atoms with van der Waals surface area (Å²) in [6.45, 7) is 0. The lowest BCUT2D eigenvalue weighted by molar-refractivity contribution is 0.912. The van der Waals surface area contributed by atoms with Gasteiger partial charge in [-0.3, -0.25) is 0 Å². The smallest absolute Gasteiger partial charge is 0.0378 e. The molecule has 0 unspecified atom stereocenters. The van der Waals surface area contributed by atoms with Crippen LogP contribution in [0.15, 0.2) is 23.3 Å². The van der Waals surface area contributed by atoms with Crippen molar-refractivity contribution in [1.29, 1.82) is 0 Å². The Labute approximate surface area is 70.7 Å². The zero-order valence-electron chi connectivity index (χ0n) is 6.70. The molecule has 1 aromatic carbocycles. The molecule has 0 bridgehead atoms. The van der Waals surface area contributed by atoms with Gasteiger partial charge in [0.25, 0.3) is 0 Å². The van der Waals surface area contributed by atoms with Crippen molar-refractivity contribution >= 4 is 5.69 Å². The summed E-state index contributed by atoms with van der Waals surface area (Å²) in [5, 5.41) is 3.56. The minimum Gasteiger partial charge on any atom is -0.0608 e. The zero-order chi connectivity index (χ0) is 8.39. The van der Waals surface area contributed by atoms with Crippen LogP contribution in [0, 0.1) is 0 Å². The second kappa shape index (κ2) is 2.88. The largest absolute Gasteiger partial charge is 0.0608 e. The number of hydrogen-bond donors (Lipinski definition) is 0. The Morgan fingerprint density at radius 2 is 2.08 bits per heavy atom. The van der Waals surface area contributed by atoms with E-state index in [4.69, 9.17) is 5.53 Å². The average Bonchev–Trinajstić information content (AvgIpc) is 2.51. The number of nitrogens with zero attached hydrogens (tertiary/aromatic N) is 3. The predicted octanol–water partition coefficient (Wildman–Crippen LogP) is 3.12. The van der Waals surface area contributed by atoms with Crippen molar-refractivity contribution in [3.8, 4) is 0 Å². The molecular formula is C9H9N3. The molecule has 0 N–H and O–H groups in total. The Balaban J connectivity index is 2.45. The molecule has 2 rings (SSSR count). The van der Waals surface area contributed by atoms with Crippen molar-refractivity contribution in [2.75, 3.05) is 0 Å². The van der Waals surface area contributed by atoms with E-state index in [0.717, 1.165) is 12.1 Å². The monoisotopic (exact) mass is 159 g/mol. The summed E-state index contributed by atoms with van der Waals surface area (Å²) < 4.78 is 0. The number of aryl methyl sites for hydroxylation is 2. The van der Waals surface area contributed by atoms with E-state index < -0.39 is 0 Å². The van der Waals surface area contributed by atoms with Crippen LogP contribution in [-0.2, 0) is 12.8 Å². The molecule has 1 aliphatic rings. The Morgan fingerprint density at radius 1 is 1.25 bits per heavy atom. The number of fused-ring (bicyclic) bond motifs is 1. The van der Waals surface area contributed by atoms with Gasteiger partial charge in [0, 0.05) is 10.6 Å². The summed E-state index contributed by atoms with van der Waals surface area (Å²) in [6, 6.07) is 5.93. The van der Waals surface area contributed by atoms with Crippen LogP contribution in [0.1, 0.15) is 17.5 Å². The quantitative estimate of drug-likeness (QED) is 0.343. The van der Waals surface area contributed by atoms with Crippen LogP contribution in [0.4, 0.5) is 5.69 Å². The molecule has 3 nitrogen and oxygen atoms in total. The number of hydrogen-bond acceptors (Lipinski definition) is 1. The van der Waals surface area contributed by atoms with Crippen LogP contribution in [0.5, 0.6) is 0 Å². The SMILES string of the molecule is [N-]=[N+]=Nc1ccc2c(c1)CCC2. The van der Waals surface area contributed by atoms with Crippen LogP contribution >= 0.6 is 0 Å². The highest BCUT2D eigenvalue weighted by Crippen LogP contribution is 2.26. The molecule has 0 aliphatic heterocycles. The summed E-state index contributed by atoms with van der Waals surface area (Å²) >= 11 is 0. The second-order valence-electron chi connectivity index (χ2n) is 3.00. The molecule has 0 amide bonds. The Hall–Kier alpha value is -1.47. The molecule has 0 spiro atoms. The maximum atomic E-state index is 8.23. The van der Waals surface area contributed by atoms with Crippen molar-refractivity contribution < 1.29 is 0 Å². The van der Waals surface area contributed by atoms with E-state index in [1.807, 2.05) is 12.1 Å². The van der Waals surface area contributed by atoms with Crippen molar-refractivity contribution in [2.45, 2.75) is 19.3 Å². The molecule has 0 heterocycles. The molecule has 1 aliphatic carbocycles. The highest BCUT2D eigenvalue weighted by molar-refractivity contribution is 5.45. The lowest BCUT2D eigenvalue weighted by Gasteiger charge is -1.98. The molecule has 0 saturated heterocycles. The number of azide groups is 1. The van der Waals surface area contributed by atoms with Crippen LogP contribution in [-0.4, -0.2) is 0 Å². The zero-order valence-corrected chi connectivity index (χ0v) is 6.70. The molecule has 1 aromatic rings. The van der Waals surface area contributed by atoms with E-state index in [1.165, 1.54) is 24.0 Å². The summed E-state index contributed by atoms with van der Waals surface area (Å²) in [5.74, 6) is 0. The predicted molar refractivity (Wildman–Crippen MR) is 47.3 cm³/mol. The minimum absolute atomic E-state index is 0.734. The average molecular weight is 159 g/mol. The third-order valence-corrected chi connectivity index (χ3v) is 2.24. The second-order valence-corrected chi connectivity index (χ2v) is 3.00. The first-order valence-corrected chi connectivity index (χ1v) is 4.07. The van der Waals surface area contributed by atoms with Gasteiger partial charge in [-0.1, -0.05) is 17.2 Å². The molecule has 0 saturated carbocycles. The van der Waals surface area contributed by atoms with E-state index in [9.17, 15) is 0 Å². The summed E-state index contributed by atoms with van der Waals surface area (Å²) in [7, 11) is 0. The number of rotatable bonds is 1. The van der Waals surface area contributed by atoms with Gasteiger partial charge in [-0.25, -0.2) is 0 Å². The number of benzene rings is 1. The fourth-order valence-corrected chi connectivity index (χ4v) is 1.67. The fraction of sp³-hybridized carbons (Fsp3) is 0.333. The normalized spacial score (nSPS) is 13.7. The first kappa shape index (κ1) is 7.19. The van der Waals surface area contributed by atoms with Crippen molar-refractivity contribution in [3.05, 3.63) is 39.8 Å². The standard InChI is InChI=1S/C9H9N3/c10-12-11-9-5-4-7-2-1-3-8(7)6-9/h4-6H,1-3H2. The van der Waals surface area contributed by atoms with Crippen LogP contribution < -0.4 is 0 Å². The van der Waals surface area contributed by atoms with Crippen LogP contribution in [0.3, 0.4) is 0 Å². The van der Waals surface area contributed by atoms with Gasteiger partial charge in [-0.05, 0) is 42.0 Å². The molecule has 0 radical (unpaired) electrons. The van der Waals surface area contributed by atoms with E-state index in [0.29, 0.717) is 0 Å². The van der Waals surface area contributed by atoms with E-state index in [2.05, 4.69) is 16.1 Å². The topological polar surface area (TPSA) is 48.8 Å². The summed E-state index contributed by atoms with van der Waals surface area (Å²) in [5.41, 5.74) is 11.7. The highest BCUT2D eigenvalue weighted by atomic mass is 15.1. The fourth-order valence-electron chi connectivity index (χ4n) is 1.67. The highest BCUT2D eigenvalue weighted by Gasteiger charge is 2.09. The van der Waals surface area contributed by atoms with Gasteiger partial charge < -0.3 is 0 Å². The van der Waals surface area contributed by atoms with E-state index >= 15 is 0 Å². The Bertz CT molecular complexity index is 351. The lowest BCUT2D eigenvalue weighted by Crippen LogP contribution is -1.78. The molecule has 60 valence electrons. The third-order valence-electron chi connectivity index (χ3n) is 2.24. The van der Waals surface area contributed by atoms with Crippen molar-refractivity contribution in [2.24, 2.45) is 5.11 Å². The molecule has 0 aromatic heterocycles. The first-order valence-electron chi connectivity index (χ1n) is 4.07. The maximum absolute atomic E-state index is 8.23.